The van der Waals surface area contributed by atoms with Crippen LogP contribution < -0.4 is 5.32 Å². The first-order chi connectivity index (χ1) is 12.6. The van der Waals surface area contributed by atoms with E-state index in [1.54, 1.807) is 6.07 Å². The van der Waals surface area contributed by atoms with E-state index in [2.05, 4.69) is 70.0 Å². The molecule has 0 atom stereocenters. The molecule has 1 heterocycles. The van der Waals surface area contributed by atoms with Crippen LogP contribution in [-0.2, 0) is 6.54 Å². The minimum absolute atomic E-state index is 0.341. The van der Waals surface area contributed by atoms with E-state index in [0.29, 0.717) is 5.75 Å². The van der Waals surface area contributed by atoms with Crippen LogP contribution >= 0.6 is 22.6 Å². The van der Waals surface area contributed by atoms with E-state index in [1.165, 1.54) is 9.99 Å². The third-order valence-corrected chi connectivity index (χ3v) is 5.07. The number of phenols is 1. The van der Waals surface area contributed by atoms with Crippen LogP contribution in [0.3, 0.4) is 0 Å². The average Bonchev–Trinajstić information content (AvgIpc) is 2.62. The van der Waals surface area contributed by atoms with Crippen LogP contribution in [0.25, 0.3) is 10.9 Å². The molecule has 0 saturated heterocycles. The number of pyridine rings is 1. The van der Waals surface area contributed by atoms with Gasteiger partial charge in [-0.05, 0) is 85.1 Å². The monoisotopic (exact) mass is 461 g/mol. The minimum atomic E-state index is 0.341. The third-order valence-electron chi connectivity index (χ3n) is 4.40. The molecule has 1 aromatic heterocycles. The Morgan fingerprint density at radius 3 is 2.81 bits per heavy atom. The molecule has 26 heavy (non-hydrogen) atoms. The molecular formula is C21H24IN3O. The van der Waals surface area contributed by atoms with Crippen molar-refractivity contribution in [2.75, 3.05) is 18.9 Å². The van der Waals surface area contributed by atoms with Crippen LogP contribution in [-0.4, -0.2) is 28.6 Å². The molecule has 0 radical (unpaired) electrons. The fraction of sp³-hybridized carbons (Fsp3) is 0.286. The van der Waals surface area contributed by atoms with Crippen LogP contribution in [0.5, 0.6) is 5.75 Å². The molecule has 0 aliphatic rings. The quantitative estimate of drug-likeness (QED) is 0.359. The zero-order chi connectivity index (χ0) is 18.5. The van der Waals surface area contributed by atoms with Crippen molar-refractivity contribution in [1.82, 2.24) is 9.88 Å². The topological polar surface area (TPSA) is 48.4 Å². The van der Waals surface area contributed by atoms with E-state index in [0.717, 1.165) is 47.4 Å². The van der Waals surface area contributed by atoms with E-state index in [9.17, 15) is 5.11 Å². The van der Waals surface area contributed by atoms with Crippen LogP contribution in [0.4, 0.5) is 11.4 Å². The van der Waals surface area contributed by atoms with Crippen LogP contribution in [0, 0.1) is 3.57 Å². The van der Waals surface area contributed by atoms with Gasteiger partial charge in [0.1, 0.15) is 5.75 Å². The maximum Gasteiger partial charge on any atom is 0.120 e. The lowest BCUT2D eigenvalue weighted by Crippen LogP contribution is -2.19. The Hall–Kier alpha value is -1.86. The molecule has 136 valence electrons. The lowest BCUT2D eigenvalue weighted by atomic mass is 10.1. The van der Waals surface area contributed by atoms with Gasteiger partial charge >= 0.3 is 0 Å². The molecular weight excluding hydrogens is 437 g/mol. The Labute approximate surface area is 168 Å². The number of halogens is 1. The second kappa shape index (κ2) is 8.68. The second-order valence-electron chi connectivity index (χ2n) is 6.58. The predicted octanol–water partition coefficient (Wildman–Crippen LogP) is 5.52. The molecule has 5 heteroatoms. The van der Waals surface area contributed by atoms with Crippen molar-refractivity contribution in [3.05, 3.63) is 57.8 Å². The largest absolute Gasteiger partial charge is 0.508 e. The fourth-order valence-corrected chi connectivity index (χ4v) is 3.45. The van der Waals surface area contributed by atoms with Crippen LogP contribution in [0.1, 0.15) is 25.3 Å². The van der Waals surface area contributed by atoms with Gasteiger partial charge in [-0.25, -0.2) is 0 Å². The fourth-order valence-electron chi connectivity index (χ4n) is 2.97. The number of phenolic OH excluding ortho intramolecular Hbond substituents is 1. The van der Waals surface area contributed by atoms with Gasteiger partial charge in [0.2, 0.25) is 0 Å². The summed E-state index contributed by atoms with van der Waals surface area (Å²) in [5, 5.41) is 14.8. The van der Waals surface area contributed by atoms with Gasteiger partial charge in [-0.1, -0.05) is 13.3 Å². The Balaban J connectivity index is 1.83. The number of hydrogen-bond acceptors (Lipinski definition) is 4. The van der Waals surface area contributed by atoms with Crippen molar-refractivity contribution in [3.8, 4) is 5.75 Å². The minimum Gasteiger partial charge on any atom is -0.508 e. The number of anilines is 2. The molecule has 2 N–H and O–H groups in total. The summed E-state index contributed by atoms with van der Waals surface area (Å²) >= 11 is 2.30. The summed E-state index contributed by atoms with van der Waals surface area (Å²) in [6, 6.07) is 13.9. The number of aromatic hydroxyl groups is 1. The van der Waals surface area contributed by atoms with E-state index >= 15 is 0 Å². The van der Waals surface area contributed by atoms with Gasteiger partial charge in [0, 0.05) is 38.6 Å². The Morgan fingerprint density at radius 1 is 1.15 bits per heavy atom. The first-order valence-corrected chi connectivity index (χ1v) is 9.96. The number of fused-ring (bicyclic) bond motifs is 1. The molecule has 0 saturated carbocycles. The first kappa shape index (κ1) is 18.9. The number of hydrogen-bond donors (Lipinski definition) is 2. The van der Waals surface area contributed by atoms with E-state index < -0.39 is 0 Å². The van der Waals surface area contributed by atoms with E-state index in [-0.39, 0.29) is 0 Å². The summed E-state index contributed by atoms with van der Waals surface area (Å²) < 4.78 is 1.17. The van der Waals surface area contributed by atoms with Crippen molar-refractivity contribution in [1.29, 1.82) is 0 Å². The van der Waals surface area contributed by atoms with Gasteiger partial charge in [0.05, 0.1) is 5.52 Å². The Morgan fingerprint density at radius 2 is 2.00 bits per heavy atom. The maximum absolute atomic E-state index is 10.2. The SMILES string of the molecule is CCCCN(C)Cc1cc(Nc2ccnc3cc(I)ccc23)ccc1O. The third kappa shape index (κ3) is 4.65. The number of nitrogens with one attached hydrogen (secondary N) is 1. The van der Waals surface area contributed by atoms with Gasteiger partial charge in [-0.2, -0.15) is 0 Å². The highest BCUT2D eigenvalue weighted by molar-refractivity contribution is 14.1. The zero-order valence-corrected chi connectivity index (χ0v) is 17.3. The van der Waals surface area contributed by atoms with Crippen molar-refractivity contribution >= 4 is 44.9 Å². The lowest BCUT2D eigenvalue weighted by Gasteiger charge is -2.18. The van der Waals surface area contributed by atoms with Gasteiger partial charge in [0.15, 0.2) is 0 Å². The molecule has 0 aliphatic carbocycles. The molecule has 2 aromatic carbocycles. The summed E-state index contributed by atoms with van der Waals surface area (Å²) in [5.41, 5.74) is 3.89. The van der Waals surface area contributed by atoms with Crippen molar-refractivity contribution in [2.24, 2.45) is 0 Å². The number of benzene rings is 2. The average molecular weight is 461 g/mol. The summed E-state index contributed by atoms with van der Waals surface area (Å²) in [4.78, 5) is 6.69. The number of unbranched alkanes of at least 4 members (excludes halogenated alkanes) is 1. The smallest absolute Gasteiger partial charge is 0.120 e. The van der Waals surface area contributed by atoms with Gasteiger partial charge < -0.3 is 15.3 Å². The lowest BCUT2D eigenvalue weighted by molar-refractivity contribution is 0.314. The summed E-state index contributed by atoms with van der Waals surface area (Å²) in [6.07, 6.45) is 4.16. The Kier molecular flexibility index (Phi) is 6.32. The van der Waals surface area contributed by atoms with Gasteiger partial charge in [-0.3, -0.25) is 4.98 Å². The zero-order valence-electron chi connectivity index (χ0n) is 15.2. The maximum atomic E-state index is 10.2. The first-order valence-electron chi connectivity index (χ1n) is 8.88. The predicted molar refractivity (Wildman–Crippen MR) is 117 cm³/mol. The highest BCUT2D eigenvalue weighted by Crippen LogP contribution is 2.29. The van der Waals surface area contributed by atoms with Crippen molar-refractivity contribution in [2.45, 2.75) is 26.3 Å². The second-order valence-corrected chi connectivity index (χ2v) is 7.83. The molecule has 0 aliphatic heterocycles. The molecule has 0 bridgehead atoms. The summed E-state index contributed by atoms with van der Waals surface area (Å²) in [5.74, 6) is 0.341. The summed E-state index contributed by atoms with van der Waals surface area (Å²) in [7, 11) is 2.09. The van der Waals surface area contributed by atoms with Crippen LogP contribution in [0.15, 0.2) is 48.7 Å². The molecule has 0 unspecified atom stereocenters. The van der Waals surface area contributed by atoms with Crippen LogP contribution in [0.2, 0.25) is 0 Å². The highest BCUT2D eigenvalue weighted by Gasteiger charge is 2.08. The normalized spacial score (nSPS) is 11.2. The molecule has 3 aromatic rings. The number of aromatic nitrogens is 1. The van der Waals surface area contributed by atoms with E-state index in [1.807, 2.05) is 24.4 Å². The van der Waals surface area contributed by atoms with Gasteiger partial charge in [-0.15, -0.1) is 0 Å². The van der Waals surface area contributed by atoms with Crippen molar-refractivity contribution in [3.63, 3.8) is 0 Å². The standard InChI is InChI=1S/C21H24IN3O/c1-3-4-11-25(2)14-15-12-17(6-8-21(15)26)24-19-9-10-23-20-13-16(22)5-7-18(19)20/h5-10,12-13,26H,3-4,11,14H2,1-2H3,(H,23,24). The highest BCUT2D eigenvalue weighted by atomic mass is 127. The summed E-state index contributed by atoms with van der Waals surface area (Å²) in [6.45, 7) is 3.95. The molecule has 0 spiro atoms. The van der Waals surface area contributed by atoms with E-state index in [4.69, 9.17) is 0 Å². The molecule has 0 fully saturated rings. The number of nitrogens with zero attached hydrogens (tertiary/aromatic N) is 2. The Bertz CT molecular complexity index is 898. The molecule has 0 amide bonds. The molecule has 3 rings (SSSR count). The van der Waals surface area contributed by atoms with Crippen molar-refractivity contribution < 1.29 is 5.11 Å². The number of rotatable bonds is 7. The molecule has 4 nitrogen and oxygen atoms in total. The van der Waals surface area contributed by atoms with Gasteiger partial charge in [0.25, 0.3) is 0 Å².